The van der Waals surface area contributed by atoms with Crippen LogP contribution < -0.4 is 18.9 Å². The van der Waals surface area contributed by atoms with Crippen molar-refractivity contribution in [2.45, 2.75) is 0 Å². The molecule has 4 aromatic carbocycles. The predicted molar refractivity (Wildman–Crippen MR) is 161 cm³/mol. The van der Waals surface area contributed by atoms with Crippen molar-refractivity contribution in [3.8, 4) is 34.5 Å². The lowest BCUT2D eigenvalue weighted by Crippen LogP contribution is -1.98. The molecule has 0 amide bonds. The summed E-state index contributed by atoms with van der Waals surface area (Å²) in [5.74, 6) is 0.140. The largest absolute Gasteiger partial charge is 0.493 e. The summed E-state index contributed by atoms with van der Waals surface area (Å²) in [5, 5.41) is 52.8. The van der Waals surface area contributed by atoms with Crippen LogP contribution in [-0.2, 0) is 0 Å². The lowest BCUT2D eigenvalue weighted by Gasteiger charge is -2.11. The summed E-state index contributed by atoms with van der Waals surface area (Å²) in [7, 11) is 2.71. The van der Waals surface area contributed by atoms with Crippen molar-refractivity contribution >= 4 is 35.2 Å². The van der Waals surface area contributed by atoms with Crippen LogP contribution in [0.5, 0.6) is 34.5 Å². The van der Waals surface area contributed by atoms with Gasteiger partial charge in [-0.1, -0.05) is 0 Å². The van der Waals surface area contributed by atoms with Gasteiger partial charge in [-0.15, -0.1) is 0 Å². The van der Waals surface area contributed by atoms with Crippen LogP contribution in [0.3, 0.4) is 0 Å². The minimum Gasteiger partial charge on any atom is -0.493 e. The van der Waals surface area contributed by atoms with Crippen molar-refractivity contribution in [3.63, 3.8) is 0 Å². The highest BCUT2D eigenvalue weighted by molar-refractivity contribution is 5.84. The second-order valence-corrected chi connectivity index (χ2v) is 8.85. The second-order valence-electron chi connectivity index (χ2n) is 8.85. The summed E-state index contributed by atoms with van der Waals surface area (Å²) in [6.07, 6.45) is 2.78. The third kappa shape index (κ3) is 7.50. The van der Waals surface area contributed by atoms with Gasteiger partial charge in [-0.05, 0) is 59.7 Å². The normalized spacial score (nSPS) is 10.9. The standard InChI is InChI=1S/C28H20N6O12/c1-43-27-11-17(3-7-25(27)45-23-9-5-19(31(35)36)13-21(23)33(39)40)15-29-30-16-18-4-8-26(28(12-18)44-2)46-24-10-6-20(32(37)38)14-22(24)34(41)42/h3-16H,1-2H3/b29-15-,30-16-. The molecule has 234 valence electrons. The maximum atomic E-state index is 11.4. The Balaban J connectivity index is 1.48. The lowest BCUT2D eigenvalue weighted by molar-refractivity contribution is -0.394. The molecule has 0 aliphatic carbocycles. The Bertz CT molecular complexity index is 1770. The number of ether oxygens (including phenoxy) is 4. The van der Waals surface area contributed by atoms with Crippen LogP contribution in [-0.4, -0.2) is 46.3 Å². The van der Waals surface area contributed by atoms with Gasteiger partial charge in [-0.2, -0.15) is 10.2 Å². The lowest BCUT2D eigenvalue weighted by atomic mass is 10.2. The van der Waals surface area contributed by atoms with Gasteiger partial charge >= 0.3 is 11.4 Å². The van der Waals surface area contributed by atoms with E-state index < -0.39 is 42.4 Å². The van der Waals surface area contributed by atoms with Crippen molar-refractivity contribution in [1.82, 2.24) is 0 Å². The number of hydrogen-bond acceptors (Lipinski definition) is 14. The van der Waals surface area contributed by atoms with Gasteiger partial charge in [-0.25, -0.2) is 0 Å². The Morgan fingerprint density at radius 3 is 1.20 bits per heavy atom. The van der Waals surface area contributed by atoms with Gasteiger partial charge in [0.2, 0.25) is 11.5 Å². The molecule has 46 heavy (non-hydrogen) atoms. The van der Waals surface area contributed by atoms with Crippen molar-refractivity contribution < 1.29 is 38.6 Å². The zero-order valence-electron chi connectivity index (χ0n) is 23.7. The highest BCUT2D eigenvalue weighted by Crippen LogP contribution is 2.39. The maximum absolute atomic E-state index is 11.4. The summed E-state index contributed by atoms with van der Waals surface area (Å²) < 4.78 is 21.9. The molecule has 0 spiro atoms. The first-order valence-electron chi connectivity index (χ1n) is 12.6. The molecule has 0 bridgehead atoms. The van der Waals surface area contributed by atoms with Crippen LogP contribution in [0, 0.1) is 40.5 Å². The number of benzene rings is 4. The third-order valence-electron chi connectivity index (χ3n) is 6.00. The molecule has 0 unspecified atom stereocenters. The smallest absolute Gasteiger partial charge is 0.318 e. The summed E-state index contributed by atoms with van der Waals surface area (Å²) in [6.45, 7) is 0. The van der Waals surface area contributed by atoms with Crippen LogP contribution in [0.4, 0.5) is 22.7 Å². The van der Waals surface area contributed by atoms with E-state index in [4.69, 9.17) is 18.9 Å². The van der Waals surface area contributed by atoms with Crippen molar-refractivity contribution in [1.29, 1.82) is 0 Å². The molecular weight excluding hydrogens is 612 g/mol. The van der Waals surface area contributed by atoms with Crippen LogP contribution in [0.1, 0.15) is 11.1 Å². The first-order chi connectivity index (χ1) is 22.0. The molecule has 0 radical (unpaired) electrons. The van der Waals surface area contributed by atoms with Crippen molar-refractivity contribution in [3.05, 3.63) is 124 Å². The van der Waals surface area contributed by atoms with Gasteiger partial charge < -0.3 is 18.9 Å². The van der Waals surface area contributed by atoms with Gasteiger partial charge in [0, 0.05) is 12.1 Å². The molecular formula is C28H20N6O12. The fraction of sp³-hybridized carbons (Fsp3) is 0.0714. The van der Waals surface area contributed by atoms with Crippen molar-refractivity contribution in [2.24, 2.45) is 10.2 Å². The summed E-state index contributed by atoms with van der Waals surface area (Å²) in [4.78, 5) is 41.7. The van der Waals surface area contributed by atoms with Gasteiger partial charge in [0.25, 0.3) is 11.4 Å². The number of nitro benzene ring substituents is 4. The zero-order valence-corrected chi connectivity index (χ0v) is 23.7. The van der Waals surface area contributed by atoms with Gasteiger partial charge in [0.05, 0.1) is 58.5 Å². The molecule has 0 atom stereocenters. The maximum Gasteiger partial charge on any atom is 0.318 e. The average Bonchev–Trinajstić information content (AvgIpc) is 3.04. The molecule has 0 saturated heterocycles. The Morgan fingerprint density at radius 2 is 0.870 bits per heavy atom. The fourth-order valence-electron chi connectivity index (χ4n) is 3.83. The Hall–Kier alpha value is -6.98. The van der Waals surface area contributed by atoms with Crippen LogP contribution >= 0.6 is 0 Å². The molecule has 0 fully saturated rings. The molecule has 18 nitrogen and oxygen atoms in total. The predicted octanol–water partition coefficient (Wildman–Crippen LogP) is 6.37. The molecule has 0 aromatic heterocycles. The van der Waals surface area contributed by atoms with E-state index in [1.807, 2.05) is 0 Å². The zero-order chi connectivity index (χ0) is 33.4. The fourth-order valence-corrected chi connectivity index (χ4v) is 3.83. The Morgan fingerprint density at radius 1 is 0.500 bits per heavy atom. The molecule has 18 heteroatoms. The van der Waals surface area contributed by atoms with Gasteiger partial charge in [0.1, 0.15) is 0 Å². The number of hydrogen-bond donors (Lipinski definition) is 0. The Kier molecular flexibility index (Phi) is 9.72. The molecule has 0 aliphatic heterocycles. The summed E-state index contributed by atoms with van der Waals surface area (Å²) in [6, 6.07) is 15.1. The average molecular weight is 632 g/mol. The number of methoxy groups -OCH3 is 2. The second kappa shape index (κ2) is 14.0. The van der Waals surface area contributed by atoms with Crippen molar-refractivity contribution in [2.75, 3.05) is 14.2 Å². The van der Waals surface area contributed by atoms with E-state index in [1.54, 1.807) is 12.1 Å². The number of non-ortho nitro benzene ring substituents is 2. The van der Waals surface area contributed by atoms with E-state index in [9.17, 15) is 40.5 Å². The van der Waals surface area contributed by atoms with Gasteiger partial charge in [0.15, 0.2) is 23.0 Å². The van der Waals surface area contributed by atoms with E-state index in [2.05, 4.69) is 10.2 Å². The van der Waals surface area contributed by atoms with Crippen LogP contribution in [0.2, 0.25) is 0 Å². The third-order valence-corrected chi connectivity index (χ3v) is 6.00. The number of nitro groups is 4. The Labute approximate surface area is 257 Å². The highest BCUT2D eigenvalue weighted by Gasteiger charge is 2.23. The molecule has 0 aliphatic rings. The monoisotopic (exact) mass is 632 g/mol. The van der Waals surface area contributed by atoms with Gasteiger partial charge in [-0.3, -0.25) is 40.5 Å². The van der Waals surface area contributed by atoms with E-state index >= 15 is 0 Å². The summed E-state index contributed by atoms with van der Waals surface area (Å²) >= 11 is 0. The molecule has 0 heterocycles. The first kappa shape index (κ1) is 31.9. The topological polar surface area (TPSA) is 234 Å². The highest BCUT2D eigenvalue weighted by atomic mass is 16.6. The number of rotatable bonds is 13. The quantitative estimate of drug-likeness (QED) is 0.0887. The molecule has 0 saturated carbocycles. The van der Waals surface area contributed by atoms with E-state index in [0.29, 0.717) is 11.1 Å². The van der Waals surface area contributed by atoms with Crippen LogP contribution in [0.25, 0.3) is 0 Å². The summed E-state index contributed by atoms with van der Waals surface area (Å²) in [5.41, 5.74) is -1.08. The number of nitrogens with zero attached hydrogens (tertiary/aromatic N) is 6. The SMILES string of the molecule is COc1cc(/C=N\N=C/c2ccc(Oc3ccc([N+](=O)[O-])cc3[N+](=O)[O-])c(OC)c2)ccc1Oc1ccc([N+](=O)[O-])cc1[N+](=O)[O-]. The molecule has 4 aromatic rings. The first-order valence-corrected chi connectivity index (χ1v) is 12.6. The van der Waals surface area contributed by atoms with E-state index in [-0.39, 0.29) is 34.5 Å². The minimum atomic E-state index is -0.797. The minimum absolute atomic E-state index is 0.105. The molecule has 0 N–H and O–H groups in total. The van der Waals surface area contributed by atoms with E-state index in [1.165, 1.54) is 50.9 Å². The molecule has 4 rings (SSSR count). The van der Waals surface area contributed by atoms with Crippen LogP contribution in [0.15, 0.2) is 83.0 Å². The van der Waals surface area contributed by atoms with E-state index in [0.717, 1.165) is 36.4 Å².